The van der Waals surface area contributed by atoms with Crippen LogP contribution in [0.3, 0.4) is 0 Å². The Morgan fingerprint density at radius 2 is 1.89 bits per heavy atom. The fourth-order valence-corrected chi connectivity index (χ4v) is 2.38. The fraction of sp³-hybridized carbons (Fsp3) is 0.333. The summed E-state index contributed by atoms with van der Waals surface area (Å²) >= 11 is 0. The van der Waals surface area contributed by atoms with Crippen molar-refractivity contribution in [2.75, 3.05) is 20.3 Å². The number of nitrogens with two attached hydrogens (primary N) is 1. The van der Waals surface area contributed by atoms with Gasteiger partial charge in [-0.1, -0.05) is 30.3 Å². The maximum absolute atomic E-state index is 9.12. The second-order valence-corrected chi connectivity index (χ2v) is 4.35. The summed E-state index contributed by atoms with van der Waals surface area (Å²) in [6, 6.07) is 12.2. The van der Waals surface area contributed by atoms with Crippen LogP contribution in [0.15, 0.2) is 36.4 Å². The van der Waals surface area contributed by atoms with Gasteiger partial charge in [0.15, 0.2) is 0 Å². The topological polar surface area (TPSA) is 55.5 Å². The van der Waals surface area contributed by atoms with Crippen molar-refractivity contribution in [1.82, 2.24) is 0 Å². The molecular weight excluding hydrogens is 226 g/mol. The van der Waals surface area contributed by atoms with E-state index in [2.05, 4.69) is 6.07 Å². The molecule has 18 heavy (non-hydrogen) atoms. The van der Waals surface area contributed by atoms with E-state index in [0.29, 0.717) is 13.0 Å². The van der Waals surface area contributed by atoms with E-state index in [0.717, 1.165) is 16.5 Å². The first-order valence-electron chi connectivity index (χ1n) is 6.18. The van der Waals surface area contributed by atoms with Crippen LogP contribution in [-0.4, -0.2) is 25.4 Å². The Bertz CT molecular complexity index is 525. The molecule has 0 fully saturated rings. The third kappa shape index (κ3) is 2.33. The summed E-state index contributed by atoms with van der Waals surface area (Å²) in [5.41, 5.74) is 6.99. The number of hydrogen-bond acceptors (Lipinski definition) is 3. The van der Waals surface area contributed by atoms with Crippen molar-refractivity contribution in [3.63, 3.8) is 0 Å². The number of aliphatic hydroxyl groups is 1. The zero-order valence-electron chi connectivity index (χ0n) is 10.6. The molecule has 2 rings (SSSR count). The third-order valence-electron chi connectivity index (χ3n) is 3.34. The van der Waals surface area contributed by atoms with E-state index in [1.165, 1.54) is 5.56 Å². The van der Waals surface area contributed by atoms with Gasteiger partial charge >= 0.3 is 0 Å². The predicted octanol–water partition coefficient (Wildman–Crippen LogP) is 2.27. The van der Waals surface area contributed by atoms with Gasteiger partial charge in [-0.3, -0.25) is 0 Å². The van der Waals surface area contributed by atoms with E-state index in [9.17, 15) is 0 Å². The Morgan fingerprint density at radius 3 is 2.50 bits per heavy atom. The zero-order valence-corrected chi connectivity index (χ0v) is 10.6. The van der Waals surface area contributed by atoms with E-state index in [1.54, 1.807) is 7.11 Å². The number of methoxy groups -OCH3 is 1. The van der Waals surface area contributed by atoms with Gasteiger partial charge in [-0.2, -0.15) is 0 Å². The van der Waals surface area contributed by atoms with Crippen LogP contribution in [0.5, 0.6) is 5.75 Å². The number of ether oxygens (including phenoxy) is 1. The van der Waals surface area contributed by atoms with Gasteiger partial charge in [0.2, 0.25) is 0 Å². The molecule has 2 aromatic carbocycles. The second kappa shape index (κ2) is 5.85. The summed E-state index contributed by atoms with van der Waals surface area (Å²) in [6.07, 6.45) is 0.687. The lowest BCUT2D eigenvalue weighted by Crippen LogP contribution is -2.14. The van der Waals surface area contributed by atoms with Crippen LogP contribution in [0.1, 0.15) is 17.9 Å². The number of benzene rings is 2. The molecule has 0 heterocycles. The quantitative estimate of drug-likeness (QED) is 0.849. The van der Waals surface area contributed by atoms with Gasteiger partial charge in [0.25, 0.3) is 0 Å². The fourth-order valence-electron chi connectivity index (χ4n) is 2.38. The number of hydrogen-bond donors (Lipinski definition) is 2. The van der Waals surface area contributed by atoms with Gasteiger partial charge < -0.3 is 15.6 Å². The molecule has 0 saturated carbocycles. The molecule has 0 radical (unpaired) electrons. The number of aliphatic hydroxyl groups excluding tert-OH is 1. The highest BCUT2D eigenvalue weighted by Gasteiger charge is 2.14. The predicted molar refractivity (Wildman–Crippen MR) is 74.0 cm³/mol. The Hall–Kier alpha value is -1.58. The first kappa shape index (κ1) is 12.9. The van der Waals surface area contributed by atoms with Crippen LogP contribution in [0.25, 0.3) is 10.8 Å². The SMILES string of the molecule is COc1ccc(C(CN)CCO)c2ccccc12. The van der Waals surface area contributed by atoms with E-state index in [1.807, 2.05) is 30.3 Å². The molecule has 0 spiro atoms. The second-order valence-electron chi connectivity index (χ2n) is 4.35. The zero-order chi connectivity index (χ0) is 13.0. The Kier molecular flexibility index (Phi) is 4.18. The van der Waals surface area contributed by atoms with Gasteiger partial charge in [-0.05, 0) is 35.9 Å². The normalized spacial score (nSPS) is 12.6. The number of rotatable bonds is 5. The lowest BCUT2D eigenvalue weighted by molar-refractivity contribution is 0.276. The Morgan fingerprint density at radius 1 is 1.17 bits per heavy atom. The summed E-state index contributed by atoms with van der Waals surface area (Å²) in [5.74, 6) is 1.06. The van der Waals surface area contributed by atoms with Crippen molar-refractivity contribution >= 4 is 10.8 Å². The molecule has 96 valence electrons. The standard InChI is InChI=1S/C15H19NO2/c1-18-15-7-6-12(11(10-16)8-9-17)13-4-2-3-5-14(13)15/h2-7,11,17H,8-10,16H2,1H3. The Labute approximate surface area is 107 Å². The summed E-state index contributed by atoms with van der Waals surface area (Å²) in [5, 5.41) is 11.4. The van der Waals surface area contributed by atoms with Gasteiger partial charge in [0.1, 0.15) is 5.75 Å². The molecule has 3 N–H and O–H groups in total. The van der Waals surface area contributed by atoms with Crippen molar-refractivity contribution < 1.29 is 9.84 Å². The lowest BCUT2D eigenvalue weighted by Gasteiger charge is -2.17. The molecule has 3 nitrogen and oxygen atoms in total. The van der Waals surface area contributed by atoms with Crippen LogP contribution in [0.4, 0.5) is 0 Å². The highest BCUT2D eigenvalue weighted by atomic mass is 16.5. The van der Waals surface area contributed by atoms with Crippen LogP contribution < -0.4 is 10.5 Å². The third-order valence-corrected chi connectivity index (χ3v) is 3.34. The molecule has 1 unspecified atom stereocenters. The van der Waals surface area contributed by atoms with E-state index >= 15 is 0 Å². The van der Waals surface area contributed by atoms with Crippen LogP contribution in [0, 0.1) is 0 Å². The highest BCUT2D eigenvalue weighted by Crippen LogP contribution is 2.33. The van der Waals surface area contributed by atoms with Crippen molar-refractivity contribution in [1.29, 1.82) is 0 Å². The minimum Gasteiger partial charge on any atom is -0.496 e. The maximum atomic E-state index is 9.12. The van der Waals surface area contributed by atoms with E-state index in [4.69, 9.17) is 15.6 Å². The summed E-state index contributed by atoms with van der Waals surface area (Å²) in [7, 11) is 1.68. The minimum atomic E-state index is 0.155. The molecule has 0 bridgehead atoms. The van der Waals surface area contributed by atoms with Gasteiger partial charge in [-0.25, -0.2) is 0 Å². The lowest BCUT2D eigenvalue weighted by atomic mass is 9.91. The number of fused-ring (bicyclic) bond motifs is 1. The molecular formula is C15H19NO2. The van der Waals surface area contributed by atoms with Crippen molar-refractivity contribution in [2.45, 2.75) is 12.3 Å². The monoisotopic (exact) mass is 245 g/mol. The van der Waals surface area contributed by atoms with E-state index < -0.39 is 0 Å². The summed E-state index contributed by atoms with van der Waals surface area (Å²) in [6.45, 7) is 0.694. The molecule has 0 aliphatic rings. The molecule has 0 saturated heterocycles. The largest absolute Gasteiger partial charge is 0.496 e. The molecule has 1 atom stereocenters. The molecule has 3 heteroatoms. The van der Waals surface area contributed by atoms with Crippen molar-refractivity contribution in [3.8, 4) is 5.75 Å². The van der Waals surface area contributed by atoms with Crippen molar-refractivity contribution in [2.24, 2.45) is 5.73 Å². The van der Waals surface area contributed by atoms with Crippen LogP contribution in [0.2, 0.25) is 0 Å². The molecule has 2 aromatic rings. The average molecular weight is 245 g/mol. The highest BCUT2D eigenvalue weighted by molar-refractivity contribution is 5.91. The molecule has 0 aromatic heterocycles. The molecule has 0 amide bonds. The smallest absolute Gasteiger partial charge is 0.126 e. The van der Waals surface area contributed by atoms with Crippen LogP contribution in [-0.2, 0) is 0 Å². The van der Waals surface area contributed by atoms with E-state index in [-0.39, 0.29) is 12.5 Å². The van der Waals surface area contributed by atoms with Gasteiger partial charge in [0, 0.05) is 12.0 Å². The van der Waals surface area contributed by atoms with Crippen LogP contribution >= 0.6 is 0 Å². The van der Waals surface area contributed by atoms with Gasteiger partial charge in [0.05, 0.1) is 7.11 Å². The Balaban J connectivity index is 2.58. The first-order chi connectivity index (χ1) is 8.81. The summed E-state index contributed by atoms with van der Waals surface area (Å²) < 4.78 is 5.38. The van der Waals surface area contributed by atoms with Crippen molar-refractivity contribution in [3.05, 3.63) is 42.0 Å². The maximum Gasteiger partial charge on any atom is 0.126 e. The summed E-state index contributed by atoms with van der Waals surface area (Å²) in [4.78, 5) is 0. The molecule has 0 aliphatic carbocycles. The minimum absolute atomic E-state index is 0.155. The molecule has 0 aliphatic heterocycles. The van der Waals surface area contributed by atoms with Gasteiger partial charge in [-0.15, -0.1) is 0 Å². The average Bonchev–Trinajstić information content (AvgIpc) is 2.44. The first-order valence-corrected chi connectivity index (χ1v) is 6.18.